The van der Waals surface area contributed by atoms with Gasteiger partial charge in [-0.2, -0.15) is 4.31 Å². The quantitative estimate of drug-likeness (QED) is 0.521. The topological polar surface area (TPSA) is 124 Å². The van der Waals surface area contributed by atoms with Gasteiger partial charge in [-0.25, -0.2) is 8.42 Å². The SMILES string of the molecule is COc1cc(OC)cc(-c2nnc(NC(=O)c3ccc(S(=O)(=O)N4CC(C)CC(C)C4)cc3)o2)c1. The minimum atomic E-state index is -3.63. The summed E-state index contributed by atoms with van der Waals surface area (Å²) in [6.45, 7) is 5.10. The van der Waals surface area contributed by atoms with Crippen molar-refractivity contribution >= 4 is 21.9 Å². The summed E-state index contributed by atoms with van der Waals surface area (Å²) >= 11 is 0. The lowest BCUT2D eigenvalue weighted by Crippen LogP contribution is -2.42. The number of sulfonamides is 1. The van der Waals surface area contributed by atoms with Crippen molar-refractivity contribution < 1.29 is 27.1 Å². The first kappa shape index (κ1) is 24.7. The van der Waals surface area contributed by atoms with Gasteiger partial charge in [-0.15, -0.1) is 5.10 Å². The van der Waals surface area contributed by atoms with Crippen LogP contribution in [0.5, 0.6) is 11.5 Å². The van der Waals surface area contributed by atoms with Crippen LogP contribution in [0.25, 0.3) is 11.5 Å². The van der Waals surface area contributed by atoms with Crippen molar-refractivity contribution in [2.45, 2.75) is 25.2 Å². The van der Waals surface area contributed by atoms with Gasteiger partial charge in [0, 0.05) is 30.3 Å². The Labute approximate surface area is 204 Å². The van der Waals surface area contributed by atoms with Crippen LogP contribution in [0.3, 0.4) is 0 Å². The van der Waals surface area contributed by atoms with Gasteiger partial charge in [0.15, 0.2) is 0 Å². The summed E-state index contributed by atoms with van der Waals surface area (Å²) in [6, 6.07) is 10.8. The van der Waals surface area contributed by atoms with Crippen LogP contribution in [0.4, 0.5) is 6.01 Å². The smallest absolute Gasteiger partial charge is 0.322 e. The molecule has 1 fully saturated rings. The molecule has 0 saturated carbocycles. The van der Waals surface area contributed by atoms with Crippen molar-refractivity contribution in [3.8, 4) is 23.0 Å². The van der Waals surface area contributed by atoms with Gasteiger partial charge in [0.25, 0.3) is 5.91 Å². The first-order valence-corrected chi connectivity index (χ1v) is 12.6. The van der Waals surface area contributed by atoms with E-state index >= 15 is 0 Å². The summed E-state index contributed by atoms with van der Waals surface area (Å²) in [7, 11) is -0.568. The van der Waals surface area contributed by atoms with E-state index in [2.05, 4.69) is 29.4 Å². The van der Waals surface area contributed by atoms with E-state index in [1.807, 2.05) is 0 Å². The number of benzene rings is 2. The van der Waals surface area contributed by atoms with Gasteiger partial charge in [-0.05, 0) is 54.7 Å². The zero-order valence-corrected chi connectivity index (χ0v) is 20.8. The van der Waals surface area contributed by atoms with Gasteiger partial charge in [-0.1, -0.05) is 18.9 Å². The highest BCUT2D eigenvalue weighted by atomic mass is 32.2. The number of rotatable bonds is 7. The Kier molecular flexibility index (Phi) is 7.08. The van der Waals surface area contributed by atoms with Crippen LogP contribution in [0.15, 0.2) is 51.8 Å². The molecule has 4 rings (SSSR count). The molecule has 1 aromatic heterocycles. The highest BCUT2D eigenvalue weighted by molar-refractivity contribution is 7.89. The van der Waals surface area contributed by atoms with E-state index < -0.39 is 15.9 Å². The van der Waals surface area contributed by atoms with Crippen molar-refractivity contribution in [1.29, 1.82) is 0 Å². The van der Waals surface area contributed by atoms with Crippen molar-refractivity contribution in [3.63, 3.8) is 0 Å². The molecule has 35 heavy (non-hydrogen) atoms. The molecule has 11 heteroatoms. The Hall–Kier alpha value is -3.44. The lowest BCUT2D eigenvalue weighted by Gasteiger charge is -2.34. The number of nitrogens with zero attached hydrogens (tertiary/aromatic N) is 3. The van der Waals surface area contributed by atoms with Gasteiger partial charge in [0.05, 0.1) is 19.1 Å². The second kappa shape index (κ2) is 10.0. The maximum absolute atomic E-state index is 13.1. The standard InChI is InChI=1S/C24H28N4O6S/c1-15-9-16(2)14-28(13-15)35(30,31)21-7-5-17(6-8-21)22(29)25-24-27-26-23(34-24)18-10-19(32-3)12-20(11-18)33-4/h5-8,10-12,15-16H,9,13-14H2,1-4H3,(H,25,27,29). The van der Waals surface area contributed by atoms with Crippen LogP contribution in [0, 0.1) is 11.8 Å². The third-order valence-electron chi connectivity index (χ3n) is 5.83. The van der Waals surface area contributed by atoms with Crippen LogP contribution in [-0.4, -0.2) is 56.1 Å². The molecule has 186 valence electrons. The zero-order chi connectivity index (χ0) is 25.2. The average Bonchev–Trinajstić information content (AvgIpc) is 3.31. The van der Waals surface area contributed by atoms with Crippen LogP contribution in [0.1, 0.15) is 30.6 Å². The third kappa shape index (κ3) is 5.46. The van der Waals surface area contributed by atoms with Crippen molar-refractivity contribution in [2.24, 2.45) is 11.8 Å². The average molecular weight is 501 g/mol. The summed E-state index contributed by atoms with van der Waals surface area (Å²) in [5.41, 5.74) is 0.817. The number of hydrogen-bond acceptors (Lipinski definition) is 8. The Morgan fingerprint density at radius 1 is 1.00 bits per heavy atom. The second-order valence-electron chi connectivity index (χ2n) is 8.76. The molecular formula is C24H28N4O6S. The van der Waals surface area contributed by atoms with Gasteiger partial charge >= 0.3 is 6.01 Å². The molecule has 0 radical (unpaired) electrons. The third-order valence-corrected chi connectivity index (χ3v) is 7.68. The van der Waals surface area contributed by atoms with Gasteiger partial charge in [-0.3, -0.25) is 10.1 Å². The first-order chi connectivity index (χ1) is 16.7. The predicted molar refractivity (Wildman–Crippen MR) is 129 cm³/mol. The summed E-state index contributed by atoms with van der Waals surface area (Å²) in [5, 5.41) is 10.4. The fourth-order valence-electron chi connectivity index (χ4n) is 4.22. The summed E-state index contributed by atoms with van der Waals surface area (Å²) in [4.78, 5) is 12.8. The van der Waals surface area contributed by atoms with Crippen molar-refractivity contribution in [1.82, 2.24) is 14.5 Å². The Balaban J connectivity index is 1.47. The van der Waals surface area contributed by atoms with E-state index in [-0.39, 0.29) is 22.4 Å². The molecule has 10 nitrogen and oxygen atoms in total. The van der Waals surface area contributed by atoms with Crippen LogP contribution >= 0.6 is 0 Å². The number of aromatic nitrogens is 2. The maximum atomic E-state index is 13.1. The number of anilines is 1. The molecular weight excluding hydrogens is 472 g/mol. The number of ether oxygens (including phenoxy) is 2. The molecule has 2 atom stereocenters. The maximum Gasteiger partial charge on any atom is 0.322 e. The van der Waals surface area contributed by atoms with E-state index in [1.165, 1.54) is 42.8 Å². The molecule has 2 heterocycles. The Bertz CT molecular complexity index is 1270. The molecule has 0 bridgehead atoms. The minimum Gasteiger partial charge on any atom is -0.497 e. The number of piperidine rings is 1. The van der Waals surface area contributed by atoms with E-state index in [9.17, 15) is 13.2 Å². The molecule has 1 aliphatic rings. The van der Waals surface area contributed by atoms with Gasteiger partial charge in [0.1, 0.15) is 11.5 Å². The molecule has 2 aromatic carbocycles. The number of carbonyl (C=O) groups excluding carboxylic acids is 1. The molecule has 0 aliphatic carbocycles. The Morgan fingerprint density at radius 3 is 2.17 bits per heavy atom. The van der Waals surface area contributed by atoms with Crippen molar-refractivity contribution in [3.05, 3.63) is 48.0 Å². The molecule has 1 amide bonds. The molecule has 3 aromatic rings. The fraction of sp³-hybridized carbons (Fsp3) is 0.375. The number of methoxy groups -OCH3 is 2. The summed E-state index contributed by atoms with van der Waals surface area (Å²) < 4.78 is 43.7. The second-order valence-corrected chi connectivity index (χ2v) is 10.7. The highest BCUT2D eigenvalue weighted by Crippen LogP contribution is 2.30. The highest BCUT2D eigenvalue weighted by Gasteiger charge is 2.31. The summed E-state index contributed by atoms with van der Waals surface area (Å²) in [6.07, 6.45) is 1.01. The normalized spacial score (nSPS) is 18.7. The van der Waals surface area contributed by atoms with Crippen LogP contribution in [0.2, 0.25) is 0 Å². The molecule has 2 unspecified atom stereocenters. The number of hydrogen-bond donors (Lipinski definition) is 1. The van der Waals surface area contributed by atoms with E-state index in [0.29, 0.717) is 42.0 Å². The van der Waals surface area contributed by atoms with E-state index in [0.717, 1.165) is 6.42 Å². The van der Waals surface area contributed by atoms with Gasteiger partial charge in [0.2, 0.25) is 15.9 Å². The molecule has 1 saturated heterocycles. The van der Waals surface area contributed by atoms with E-state index in [1.54, 1.807) is 18.2 Å². The molecule has 1 N–H and O–H groups in total. The fourth-order valence-corrected chi connectivity index (χ4v) is 5.90. The lowest BCUT2D eigenvalue weighted by atomic mass is 9.94. The van der Waals surface area contributed by atoms with Crippen LogP contribution in [-0.2, 0) is 10.0 Å². The lowest BCUT2D eigenvalue weighted by molar-refractivity contribution is 0.102. The molecule has 1 aliphatic heterocycles. The number of amides is 1. The predicted octanol–water partition coefficient (Wildman–Crippen LogP) is 3.67. The summed E-state index contributed by atoms with van der Waals surface area (Å²) in [5.74, 6) is 1.36. The zero-order valence-electron chi connectivity index (χ0n) is 20.0. The van der Waals surface area contributed by atoms with Crippen molar-refractivity contribution in [2.75, 3.05) is 32.6 Å². The van der Waals surface area contributed by atoms with Crippen LogP contribution < -0.4 is 14.8 Å². The molecule has 0 spiro atoms. The first-order valence-electron chi connectivity index (χ1n) is 11.2. The number of nitrogens with one attached hydrogen (secondary N) is 1. The minimum absolute atomic E-state index is 0.0974. The van der Waals surface area contributed by atoms with E-state index in [4.69, 9.17) is 13.9 Å². The monoisotopic (exact) mass is 500 g/mol. The van der Waals surface area contributed by atoms with Gasteiger partial charge < -0.3 is 13.9 Å². The largest absolute Gasteiger partial charge is 0.497 e. The Morgan fingerprint density at radius 2 is 1.60 bits per heavy atom. The number of carbonyl (C=O) groups is 1.